The Morgan fingerprint density at radius 3 is 1.65 bits per heavy atom. The van der Waals surface area contributed by atoms with E-state index >= 15 is 0 Å². The van der Waals surface area contributed by atoms with Crippen LogP contribution >= 0.6 is 0 Å². The molecule has 17 heavy (non-hydrogen) atoms. The fourth-order valence-electron chi connectivity index (χ4n) is 2.23. The second kappa shape index (κ2) is 11.0. The van der Waals surface area contributed by atoms with Gasteiger partial charge in [0.2, 0.25) is 0 Å². The van der Waals surface area contributed by atoms with Gasteiger partial charge in [-0.25, -0.2) is 0 Å². The highest BCUT2D eigenvalue weighted by Gasteiger charge is 2.12. The van der Waals surface area contributed by atoms with Crippen LogP contribution in [0, 0.1) is 0 Å². The number of likely N-dealkylation sites (N-methyl/N-ethyl adjacent to an activating group) is 1. The van der Waals surface area contributed by atoms with E-state index in [-0.39, 0.29) is 0 Å². The highest BCUT2D eigenvalue weighted by atomic mass is 16.3. The summed E-state index contributed by atoms with van der Waals surface area (Å²) < 4.78 is 0.965. The second-order valence-electron chi connectivity index (χ2n) is 5.93. The predicted molar refractivity (Wildman–Crippen MR) is 76.2 cm³/mol. The third kappa shape index (κ3) is 12.2. The topological polar surface area (TPSA) is 20.2 Å². The number of nitrogens with zero attached hydrogens (tertiary/aromatic N) is 1. The summed E-state index contributed by atoms with van der Waals surface area (Å²) in [7, 11) is 4.42. The summed E-state index contributed by atoms with van der Waals surface area (Å²) in [4.78, 5) is 0. The van der Waals surface area contributed by atoms with Crippen molar-refractivity contribution in [3.05, 3.63) is 0 Å². The molecule has 1 N–H and O–H groups in total. The SMILES string of the molecule is CCCCCCCCCCC[N+](C)(C)CCO. The van der Waals surface area contributed by atoms with Crippen molar-refractivity contribution in [2.75, 3.05) is 33.8 Å². The van der Waals surface area contributed by atoms with Crippen LogP contribution in [0.25, 0.3) is 0 Å². The van der Waals surface area contributed by atoms with Crippen molar-refractivity contribution in [3.63, 3.8) is 0 Å². The van der Waals surface area contributed by atoms with Gasteiger partial charge in [-0.15, -0.1) is 0 Å². The number of rotatable bonds is 12. The van der Waals surface area contributed by atoms with Crippen LogP contribution in [0.3, 0.4) is 0 Å². The van der Waals surface area contributed by atoms with Gasteiger partial charge in [0.25, 0.3) is 0 Å². The van der Waals surface area contributed by atoms with Crippen molar-refractivity contribution in [3.8, 4) is 0 Å². The van der Waals surface area contributed by atoms with Gasteiger partial charge in [-0.1, -0.05) is 51.9 Å². The minimum absolute atomic E-state index is 0.310. The lowest BCUT2D eigenvalue weighted by atomic mass is 10.1. The van der Waals surface area contributed by atoms with Crippen molar-refractivity contribution in [1.29, 1.82) is 0 Å². The molecule has 0 amide bonds. The Balaban J connectivity index is 3.18. The molecule has 0 saturated carbocycles. The quantitative estimate of drug-likeness (QED) is 0.411. The molecule has 0 rings (SSSR count). The van der Waals surface area contributed by atoms with E-state index in [2.05, 4.69) is 21.0 Å². The summed E-state index contributed by atoms with van der Waals surface area (Å²) >= 11 is 0. The lowest BCUT2D eigenvalue weighted by molar-refractivity contribution is -0.890. The van der Waals surface area contributed by atoms with Crippen molar-refractivity contribution in [2.24, 2.45) is 0 Å². The van der Waals surface area contributed by atoms with Crippen LogP contribution in [-0.2, 0) is 0 Å². The van der Waals surface area contributed by atoms with Gasteiger partial charge in [0.1, 0.15) is 6.54 Å². The molecule has 0 aromatic carbocycles. The molecule has 2 nitrogen and oxygen atoms in total. The highest BCUT2D eigenvalue weighted by molar-refractivity contribution is 4.47. The molecule has 0 radical (unpaired) electrons. The fourth-order valence-corrected chi connectivity index (χ4v) is 2.23. The molecule has 0 aromatic rings. The van der Waals surface area contributed by atoms with Crippen LogP contribution in [0.5, 0.6) is 0 Å². The van der Waals surface area contributed by atoms with E-state index in [1.165, 1.54) is 64.3 Å². The first-order valence-corrected chi connectivity index (χ1v) is 7.55. The Morgan fingerprint density at radius 1 is 0.706 bits per heavy atom. The number of hydrogen-bond donors (Lipinski definition) is 1. The minimum Gasteiger partial charge on any atom is -0.391 e. The van der Waals surface area contributed by atoms with Crippen LogP contribution in [-0.4, -0.2) is 43.4 Å². The Labute approximate surface area is 109 Å². The molecule has 2 heteroatoms. The zero-order valence-electron chi connectivity index (χ0n) is 12.4. The molecule has 0 aliphatic heterocycles. The summed E-state index contributed by atoms with van der Waals surface area (Å²) in [6.07, 6.45) is 12.5. The van der Waals surface area contributed by atoms with Gasteiger partial charge in [-0.2, -0.15) is 0 Å². The van der Waals surface area contributed by atoms with E-state index < -0.39 is 0 Å². The molecule has 0 aliphatic rings. The van der Waals surface area contributed by atoms with Crippen LogP contribution in [0.15, 0.2) is 0 Å². The third-order valence-corrected chi connectivity index (χ3v) is 3.57. The van der Waals surface area contributed by atoms with Gasteiger partial charge in [-0.3, -0.25) is 0 Å². The first-order valence-electron chi connectivity index (χ1n) is 7.55. The summed E-state index contributed by atoms with van der Waals surface area (Å²) in [6.45, 7) is 4.67. The molecule has 0 atom stereocenters. The average molecular weight is 244 g/mol. The van der Waals surface area contributed by atoms with Crippen LogP contribution in [0.2, 0.25) is 0 Å². The summed E-state index contributed by atoms with van der Waals surface area (Å²) in [6, 6.07) is 0. The van der Waals surface area contributed by atoms with E-state index in [0.29, 0.717) is 6.61 Å². The summed E-state index contributed by atoms with van der Waals surface area (Å²) in [5, 5.41) is 8.93. The number of unbranched alkanes of at least 4 members (excludes halogenated alkanes) is 8. The Bertz CT molecular complexity index is 157. The molecular weight excluding hydrogens is 210 g/mol. The van der Waals surface area contributed by atoms with Crippen LogP contribution in [0.4, 0.5) is 0 Å². The molecule has 0 aromatic heterocycles. The van der Waals surface area contributed by atoms with Gasteiger partial charge >= 0.3 is 0 Å². The van der Waals surface area contributed by atoms with Crippen LogP contribution in [0.1, 0.15) is 64.7 Å². The molecule has 0 saturated heterocycles. The summed E-state index contributed by atoms with van der Waals surface area (Å²) in [5.74, 6) is 0. The number of aliphatic hydroxyl groups excluding tert-OH is 1. The number of hydrogen-bond acceptors (Lipinski definition) is 1. The second-order valence-corrected chi connectivity index (χ2v) is 5.93. The Kier molecular flexibility index (Phi) is 11.0. The van der Waals surface area contributed by atoms with E-state index in [1.54, 1.807) is 0 Å². The van der Waals surface area contributed by atoms with E-state index in [4.69, 9.17) is 5.11 Å². The third-order valence-electron chi connectivity index (χ3n) is 3.57. The molecule has 104 valence electrons. The number of aliphatic hydroxyl groups is 1. The number of quaternary nitrogens is 1. The van der Waals surface area contributed by atoms with Gasteiger partial charge < -0.3 is 9.59 Å². The molecule has 0 aliphatic carbocycles. The Morgan fingerprint density at radius 2 is 1.18 bits per heavy atom. The minimum atomic E-state index is 0.310. The van der Waals surface area contributed by atoms with E-state index in [1.807, 2.05) is 0 Å². The molecular formula is C15H34NO+. The maximum atomic E-state index is 8.93. The maximum absolute atomic E-state index is 8.93. The first-order chi connectivity index (χ1) is 8.12. The molecule has 0 unspecified atom stereocenters. The van der Waals surface area contributed by atoms with E-state index in [0.717, 1.165) is 11.0 Å². The van der Waals surface area contributed by atoms with Crippen LogP contribution < -0.4 is 0 Å². The molecule has 0 spiro atoms. The van der Waals surface area contributed by atoms with Gasteiger partial charge in [-0.05, 0) is 12.8 Å². The highest BCUT2D eigenvalue weighted by Crippen LogP contribution is 2.10. The van der Waals surface area contributed by atoms with Gasteiger partial charge in [0, 0.05) is 0 Å². The van der Waals surface area contributed by atoms with Crippen molar-refractivity contribution in [2.45, 2.75) is 64.7 Å². The average Bonchev–Trinajstić information content (AvgIpc) is 2.27. The Hall–Kier alpha value is -0.0800. The van der Waals surface area contributed by atoms with Gasteiger partial charge in [0.05, 0.1) is 27.2 Å². The van der Waals surface area contributed by atoms with Crippen molar-refractivity contribution >= 4 is 0 Å². The fraction of sp³-hybridized carbons (Fsp3) is 1.00. The predicted octanol–water partition coefficient (Wildman–Crippen LogP) is 3.59. The lowest BCUT2D eigenvalue weighted by Gasteiger charge is -2.28. The monoisotopic (exact) mass is 244 g/mol. The van der Waals surface area contributed by atoms with Crippen molar-refractivity contribution < 1.29 is 9.59 Å². The van der Waals surface area contributed by atoms with Crippen molar-refractivity contribution in [1.82, 2.24) is 0 Å². The molecule has 0 heterocycles. The van der Waals surface area contributed by atoms with E-state index in [9.17, 15) is 0 Å². The smallest absolute Gasteiger partial charge is 0.102 e. The summed E-state index contributed by atoms with van der Waals surface area (Å²) in [5.41, 5.74) is 0. The van der Waals surface area contributed by atoms with Gasteiger partial charge in [0.15, 0.2) is 0 Å². The lowest BCUT2D eigenvalue weighted by Crippen LogP contribution is -2.42. The molecule has 0 fully saturated rings. The maximum Gasteiger partial charge on any atom is 0.102 e. The standard InChI is InChI=1S/C15H34NO/c1-4-5-6-7-8-9-10-11-12-13-16(2,3)14-15-17/h17H,4-15H2,1-3H3/q+1. The zero-order valence-corrected chi connectivity index (χ0v) is 12.4. The molecule has 0 bridgehead atoms. The first kappa shape index (κ1) is 16.9. The zero-order chi connectivity index (χ0) is 13.0. The largest absolute Gasteiger partial charge is 0.391 e. The normalized spacial score (nSPS) is 12.0.